The van der Waals surface area contributed by atoms with E-state index >= 15 is 0 Å². The van der Waals surface area contributed by atoms with Crippen molar-refractivity contribution in [2.45, 2.75) is 26.2 Å². The number of hydrogen-bond donors (Lipinski definition) is 0. The van der Waals surface area contributed by atoms with Crippen molar-refractivity contribution in [3.05, 3.63) is 188 Å². The van der Waals surface area contributed by atoms with Gasteiger partial charge in [0.15, 0.2) is 23.1 Å². The zero-order chi connectivity index (χ0) is 40.4. The molecule has 0 saturated heterocycles. The van der Waals surface area contributed by atoms with Crippen LogP contribution in [-0.4, -0.2) is 24.1 Å². The summed E-state index contributed by atoms with van der Waals surface area (Å²) >= 11 is 0. The van der Waals surface area contributed by atoms with Gasteiger partial charge in [0.2, 0.25) is 0 Å². The highest BCUT2D eigenvalue weighted by Crippen LogP contribution is 2.45. The quantitative estimate of drug-likeness (QED) is 0.154. The van der Waals surface area contributed by atoms with Gasteiger partial charge in [-0.25, -0.2) is 15.0 Å². The van der Waals surface area contributed by atoms with Gasteiger partial charge in [-0.1, -0.05) is 153 Å². The summed E-state index contributed by atoms with van der Waals surface area (Å²) in [6, 6.07) is 64.2. The smallest absolute Gasteiger partial charge is 0.164 e. The van der Waals surface area contributed by atoms with Crippen LogP contribution < -0.4 is 0 Å². The van der Waals surface area contributed by atoms with Crippen LogP contribution in [0.5, 0.6) is 0 Å². The topological polar surface area (TPSA) is 61.7 Å². The van der Waals surface area contributed by atoms with Gasteiger partial charge in [-0.05, 0) is 60.9 Å². The zero-order valence-electron chi connectivity index (χ0n) is 33.6. The highest BCUT2D eigenvalue weighted by molar-refractivity contribution is 6.27. The van der Waals surface area contributed by atoms with Crippen molar-refractivity contribution < 1.29 is 4.42 Å². The first-order valence-electron chi connectivity index (χ1n) is 21.1. The standard InChI is InChI=1S/C55H39N5O/c1-2-3-16-35-29-31-37(32-30-35)54-56-53(36-17-6-4-7-18-36)57-55(58-54)43-24-15-28-48-49(43)42-23-14-27-47(52(42)61-48)60-44-25-12-10-21-39(44)40-33-34-46-50(51(40)60)41-22-11-13-26-45(41)59(46)38-19-8-5-9-20-38/h4-15,17-34H,2-3,16H2,1H3. The van der Waals surface area contributed by atoms with Crippen LogP contribution in [0, 0.1) is 0 Å². The number of furan rings is 1. The lowest BCUT2D eigenvalue weighted by atomic mass is 10.0. The van der Waals surface area contributed by atoms with E-state index in [1.165, 1.54) is 32.6 Å². The maximum absolute atomic E-state index is 7.02. The monoisotopic (exact) mass is 785 g/mol. The van der Waals surface area contributed by atoms with E-state index in [0.717, 1.165) is 85.8 Å². The summed E-state index contributed by atoms with van der Waals surface area (Å²) in [7, 11) is 0. The summed E-state index contributed by atoms with van der Waals surface area (Å²) in [5.41, 5.74) is 12.4. The van der Waals surface area contributed by atoms with Crippen LogP contribution in [-0.2, 0) is 6.42 Å². The molecule has 0 aliphatic rings. The summed E-state index contributed by atoms with van der Waals surface area (Å²) in [5.74, 6) is 1.87. The second-order valence-corrected chi connectivity index (χ2v) is 15.8. The maximum atomic E-state index is 7.02. The van der Waals surface area contributed by atoms with Crippen LogP contribution in [0.3, 0.4) is 0 Å². The predicted octanol–water partition coefficient (Wildman–Crippen LogP) is 14.3. The third-order valence-corrected chi connectivity index (χ3v) is 12.2. The molecule has 0 amide bonds. The summed E-state index contributed by atoms with van der Waals surface area (Å²) in [5, 5.41) is 6.75. The summed E-state index contributed by atoms with van der Waals surface area (Å²) in [6.07, 6.45) is 3.39. The van der Waals surface area contributed by atoms with Crippen LogP contribution in [0.25, 0.3) is 111 Å². The molecular weight excluding hydrogens is 747 g/mol. The summed E-state index contributed by atoms with van der Waals surface area (Å²) in [4.78, 5) is 15.4. The van der Waals surface area contributed by atoms with Crippen molar-refractivity contribution in [1.29, 1.82) is 0 Å². The Morgan fingerprint density at radius 2 is 1.10 bits per heavy atom. The Bertz CT molecular complexity index is 3620. The van der Waals surface area contributed by atoms with Crippen molar-refractivity contribution in [2.24, 2.45) is 0 Å². The lowest BCUT2D eigenvalue weighted by Gasteiger charge is -2.11. The first kappa shape index (κ1) is 35.1. The van der Waals surface area contributed by atoms with Gasteiger partial charge in [0, 0.05) is 54.7 Å². The van der Waals surface area contributed by atoms with E-state index in [2.05, 4.69) is 174 Å². The number of fused-ring (bicyclic) bond motifs is 10. The molecule has 4 aromatic heterocycles. The first-order valence-corrected chi connectivity index (χ1v) is 21.1. The molecule has 0 spiro atoms. The second kappa shape index (κ2) is 14.2. The molecule has 61 heavy (non-hydrogen) atoms. The SMILES string of the molecule is CCCCc1ccc(-c2nc(-c3ccccc3)nc(-c3cccc4oc5c(-n6c7ccccc7c7ccc8c(c9ccccc9n8-c8ccccc8)c76)cccc5c34)n2)cc1. The van der Waals surface area contributed by atoms with Crippen LogP contribution in [0.4, 0.5) is 0 Å². The third kappa shape index (κ3) is 5.60. The number of para-hydroxylation sites is 4. The Kier molecular flexibility index (Phi) is 8.17. The van der Waals surface area contributed by atoms with Crippen molar-refractivity contribution >= 4 is 65.6 Å². The normalized spacial score (nSPS) is 11.9. The molecule has 0 aliphatic carbocycles. The number of unbranched alkanes of at least 4 members (excludes halogenated alkanes) is 1. The van der Waals surface area contributed by atoms with Crippen molar-refractivity contribution in [3.63, 3.8) is 0 Å². The van der Waals surface area contributed by atoms with Gasteiger partial charge >= 0.3 is 0 Å². The van der Waals surface area contributed by atoms with E-state index in [1.807, 2.05) is 24.3 Å². The fourth-order valence-electron chi connectivity index (χ4n) is 9.35. The number of benzene rings is 8. The predicted molar refractivity (Wildman–Crippen MR) is 251 cm³/mol. The molecule has 0 saturated carbocycles. The van der Waals surface area contributed by atoms with Gasteiger partial charge in [-0.15, -0.1) is 0 Å². The molecule has 0 unspecified atom stereocenters. The fraction of sp³-hybridized carbons (Fsp3) is 0.0727. The molecule has 0 aliphatic heterocycles. The molecule has 0 N–H and O–H groups in total. The molecule has 6 heteroatoms. The number of rotatable bonds is 8. The molecule has 0 radical (unpaired) electrons. The van der Waals surface area contributed by atoms with Gasteiger partial charge < -0.3 is 13.6 Å². The lowest BCUT2D eigenvalue weighted by Crippen LogP contribution is -2.00. The van der Waals surface area contributed by atoms with Gasteiger partial charge in [0.05, 0.1) is 27.8 Å². The number of aromatic nitrogens is 5. The van der Waals surface area contributed by atoms with Crippen LogP contribution >= 0.6 is 0 Å². The Hall–Kier alpha value is -7.83. The van der Waals surface area contributed by atoms with Gasteiger partial charge in [0.1, 0.15) is 5.58 Å². The molecule has 12 aromatic rings. The van der Waals surface area contributed by atoms with E-state index in [0.29, 0.717) is 17.5 Å². The molecular formula is C55H39N5O. The number of hydrogen-bond acceptors (Lipinski definition) is 4. The minimum Gasteiger partial charge on any atom is -0.454 e. The maximum Gasteiger partial charge on any atom is 0.164 e. The Balaban J connectivity index is 1.11. The van der Waals surface area contributed by atoms with Gasteiger partial charge in [-0.3, -0.25) is 0 Å². The van der Waals surface area contributed by atoms with Crippen LogP contribution in [0.15, 0.2) is 186 Å². The molecule has 0 fully saturated rings. The largest absolute Gasteiger partial charge is 0.454 e. The fourth-order valence-corrected chi connectivity index (χ4v) is 9.35. The second-order valence-electron chi connectivity index (χ2n) is 15.8. The minimum atomic E-state index is 0.602. The van der Waals surface area contributed by atoms with E-state index in [9.17, 15) is 0 Å². The highest BCUT2D eigenvalue weighted by Gasteiger charge is 2.24. The van der Waals surface area contributed by atoms with Crippen LogP contribution in [0.2, 0.25) is 0 Å². The summed E-state index contributed by atoms with van der Waals surface area (Å²) in [6.45, 7) is 2.23. The van der Waals surface area contributed by atoms with Crippen molar-refractivity contribution in [3.8, 4) is 45.5 Å². The lowest BCUT2D eigenvalue weighted by molar-refractivity contribution is 0.666. The molecule has 0 bridgehead atoms. The Labute approximate surface area is 352 Å². The van der Waals surface area contributed by atoms with E-state index < -0.39 is 0 Å². The molecule has 0 atom stereocenters. The molecule has 8 aromatic carbocycles. The minimum absolute atomic E-state index is 0.602. The number of aryl methyl sites for hydroxylation is 1. The molecule has 4 heterocycles. The Morgan fingerprint density at radius 1 is 0.459 bits per heavy atom. The van der Waals surface area contributed by atoms with Gasteiger partial charge in [0.25, 0.3) is 0 Å². The molecule has 290 valence electrons. The van der Waals surface area contributed by atoms with E-state index in [4.69, 9.17) is 19.4 Å². The first-order chi connectivity index (χ1) is 30.2. The van der Waals surface area contributed by atoms with E-state index in [1.54, 1.807) is 0 Å². The van der Waals surface area contributed by atoms with Gasteiger partial charge in [-0.2, -0.15) is 0 Å². The molecule has 12 rings (SSSR count). The third-order valence-electron chi connectivity index (χ3n) is 12.2. The molecule has 6 nitrogen and oxygen atoms in total. The summed E-state index contributed by atoms with van der Waals surface area (Å²) < 4.78 is 11.8. The highest BCUT2D eigenvalue weighted by atomic mass is 16.3. The van der Waals surface area contributed by atoms with Crippen molar-refractivity contribution in [1.82, 2.24) is 24.1 Å². The average Bonchev–Trinajstić information content (AvgIpc) is 3.99. The van der Waals surface area contributed by atoms with Crippen molar-refractivity contribution in [2.75, 3.05) is 0 Å². The number of nitrogens with zero attached hydrogens (tertiary/aromatic N) is 5. The van der Waals surface area contributed by atoms with Crippen LogP contribution in [0.1, 0.15) is 25.3 Å². The Morgan fingerprint density at radius 3 is 1.87 bits per heavy atom. The average molecular weight is 786 g/mol. The zero-order valence-corrected chi connectivity index (χ0v) is 33.6. The van der Waals surface area contributed by atoms with E-state index in [-0.39, 0.29) is 0 Å².